The summed E-state index contributed by atoms with van der Waals surface area (Å²) >= 11 is 0. The summed E-state index contributed by atoms with van der Waals surface area (Å²) in [6.07, 6.45) is 5.07. The van der Waals surface area contributed by atoms with Gasteiger partial charge in [-0.05, 0) is 36.2 Å². The highest BCUT2D eigenvalue weighted by Gasteiger charge is 2.08. The highest BCUT2D eigenvalue weighted by atomic mass is 16.5. The molecule has 4 aromatic rings. The van der Waals surface area contributed by atoms with E-state index in [0.717, 1.165) is 52.4 Å². The van der Waals surface area contributed by atoms with E-state index in [1.165, 1.54) is 0 Å². The fraction of sp³-hybridized carbons (Fsp3) is 0.143. The van der Waals surface area contributed by atoms with Gasteiger partial charge in [0.05, 0.1) is 18.7 Å². The van der Waals surface area contributed by atoms with Gasteiger partial charge >= 0.3 is 0 Å². The molecule has 0 atom stereocenters. The van der Waals surface area contributed by atoms with Gasteiger partial charge in [-0.3, -0.25) is 4.98 Å². The summed E-state index contributed by atoms with van der Waals surface area (Å²) in [7, 11) is 1.65. The number of pyridine rings is 2. The van der Waals surface area contributed by atoms with Crippen molar-refractivity contribution in [2.24, 2.45) is 0 Å². The molecule has 0 bridgehead atoms. The number of fused-ring (bicyclic) bond motifs is 1. The van der Waals surface area contributed by atoms with Crippen LogP contribution in [-0.4, -0.2) is 27.0 Å². The predicted molar refractivity (Wildman–Crippen MR) is 102 cm³/mol. The Labute approximate surface area is 156 Å². The minimum atomic E-state index is 0.640. The molecule has 3 heterocycles. The first kappa shape index (κ1) is 16.7. The van der Waals surface area contributed by atoms with E-state index in [0.29, 0.717) is 5.56 Å². The van der Waals surface area contributed by atoms with Gasteiger partial charge < -0.3 is 9.72 Å². The number of ether oxygens (including phenoxy) is 1. The lowest BCUT2D eigenvalue weighted by Gasteiger charge is -2.02. The van der Waals surface area contributed by atoms with Gasteiger partial charge in [-0.25, -0.2) is 9.97 Å². The summed E-state index contributed by atoms with van der Waals surface area (Å²) in [5.41, 5.74) is 5.17. The van der Waals surface area contributed by atoms with E-state index in [2.05, 4.69) is 26.0 Å². The Morgan fingerprint density at radius 3 is 2.67 bits per heavy atom. The van der Waals surface area contributed by atoms with Crippen molar-refractivity contribution in [3.05, 3.63) is 71.9 Å². The molecule has 132 valence electrons. The van der Waals surface area contributed by atoms with E-state index < -0.39 is 0 Å². The molecule has 0 spiro atoms. The van der Waals surface area contributed by atoms with Crippen LogP contribution in [0.1, 0.15) is 17.1 Å². The van der Waals surface area contributed by atoms with Gasteiger partial charge in [0.15, 0.2) is 5.65 Å². The van der Waals surface area contributed by atoms with Gasteiger partial charge in [0, 0.05) is 36.1 Å². The summed E-state index contributed by atoms with van der Waals surface area (Å²) in [5, 5.41) is 8.92. The summed E-state index contributed by atoms with van der Waals surface area (Å²) < 4.78 is 5.23. The first-order valence-electron chi connectivity index (χ1n) is 8.59. The van der Waals surface area contributed by atoms with Gasteiger partial charge in [-0.1, -0.05) is 12.1 Å². The van der Waals surface area contributed by atoms with E-state index in [1.807, 2.05) is 36.5 Å². The molecule has 0 saturated carbocycles. The quantitative estimate of drug-likeness (QED) is 0.590. The number of nitriles is 1. The maximum Gasteiger partial charge on any atom is 0.157 e. The number of hydrogen-bond acceptors (Lipinski definition) is 5. The third kappa shape index (κ3) is 3.62. The number of aromatic nitrogens is 4. The summed E-state index contributed by atoms with van der Waals surface area (Å²) in [4.78, 5) is 16.8. The first-order valence-corrected chi connectivity index (χ1v) is 8.59. The van der Waals surface area contributed by atoms with Crippen LogP contribution in [0.4, 0.5) is 0 Å². The molecule has 27 heavy (non-hydrogen) atoms. The topological polar surface area (TPSA) is 87.5 Å². The fourth-order valence-corrected chi connectivity index (χ4v) is 2.92. The van der Waals surface area contributed by atoms with Crippen LogP contribution in [0.3, 0.4) is 0 Å². The number of nitrogens with one attached hydrogen (secondary N) is 1. The van der Waals surface area contributed by atoms with Crippen molar-refractivity contribution in [2.75, 3.05) is 7.11 Å². The Hall–Kier alpha value is -3.72. The number of hydrogen-bond donors (Lipinski definition) is 1. The van der Waals surface area contributed by atoms with Gasteiger partial charge in [0.2, 0.25) is 0 Å². The predicted octanol–water partition coefficient (Wildman–Crippen LogP) is 3.69. The molecule has 0 aliphatic carbocycles. The minimum Gasteiger partial charge on any atom is -0.497 e. The van der Waals surface area contributed by atoms with Crippen LogP contribution in [0.2, 0.25) is 0 Å². The van der Waals surface area contributed by atoms with Gasteiger partial charge in [0.1, 0.15) is 17.1 Å². The maximum atomic E-state index is 8.92. The molecule has 0 aliphatic rings. The van der Waals surface area contributed by atoms with Crippen LogP contribution in [0.15, 0.2) is 54.9 Å². The van der Waals surface area contributed by atoms with Crippen LogP contribution in [-0.2, 0) is 12.8 Å². The molecule has 3 aromatic heterocycles. The number of benzene rings is 1. The molecule has 6 nitrogen and oxygen atoms in total. The lowest BCUT2D eigenvalue weighted by Crippen LogP contribution is -1.96. The zero-order chi connectivity index (χ0) is 18.6. The third-order valence-corrected chi connectivity index (χ3v) is 4.37. The van der Waals surface area contributed by atoms with Crippen molar-refractivity contribution in [1.82, 2.24) is 19.9 Å². The normalized spacial score (nSPS) is 10.7. The second-order valence-electron chi connectivity index (χ2n) is 6.15. The molecule has 0 unspecified atom stereocenters. The zero-order valence-corrected chi connectivity index (χ0v) is 14.8. The third-order valence-electron chi connectivity index (χ3n) is 4.37. The minimum absolute atomic E-state index is 0.640. The molecule has 6 heteroatoms. The average Bonchev–Trinajstić information content (AvgIpc) is 3.14. The van der Waals surface area contributed by atoms with Crippen molar-refractivity contribution in [1.29, 1.82) is 5.26 Å². The van der Waals surface area contributed by atoms with Crippen molar-refractivity contribution < 1.29 is 4.74 Å². The Kier molecular flexibility index (Phi) is 4.50. The molecule has 1 aromatic carbocycles. The lowest BCUT2D eigenvalue weighted by atomic mass is 10.1. The molecule has 0 fully saturated rings. The smallest absolute Gasteiger partial charge is 0.157 e. The van der Waals surface area contributed by atoms with E-state index in [1.54, 1.807) is 25.4 Å². The highest BCUT2D eigenvalue weighted by molar-refractivity contribution is 5.78. The maximum absolute atomic E-state index is 8.92. The van der Waals surface area contributed by atoms with E-state index in [4.69, 9.17) is 10.00 Å². The Bertz CT molecular complexity index is 1130. The second-order valence-corrected chi connectivity index (χ2v) is 6.15. The van der Waals surface area contributed by atoms with Crippen LogP contribution in [0.5, 0.6) is 5.75 Å². The number of H-pyrrole nitrogens is 1. The summed E-state index contributed by atoms with van der Waals surface area (Å²) in [5.74, 6) is 1.68. The van der Waals surface area contributed by atoms with Gasteiger partial charge in [-0.2, -0.15) is 5.26 Å². The fourth-order valence-electron chi connectivity index (χ4n) is 2.92. The van der Waals surface area contributed by atoms with Crippen molar-refractivity contribution in [2.45, 2.75) is 12.8 Å². The zero-order valence-electron chi connectivity index (χ0n) is 14.8. The Balaban J connectivity index is 1.54. The standard InChI is InChI=1S/C21H17N5O/c1-27-18-8-9-23-17(11-18)6-7-20-25-19-10-16(13-24-21(19)26-20)15-4-2-14(12-22)3-5-15/h2-5,8-11,13H,6-7H2,1H3,(H,24,25,26). The van der Waals surface area contributed by atoms with Crippen molar-refractivity contribution in [3.8, 4) is 22.9 Å². The number of nitrogens with zero attached hydrogens (tertiary/aromatic N) is 4. The average molecular weight is 355 g/mol. The van der Waals surface area contributed by atoms with E-state index in [9.17, 15) is 0 Å². The van der Waals surface area contributed by atoms with E-state index >= 15 is 0 Å². The molecule has 1 N–H and O–H groups in total. The molecule has 0 radical (unpaired) electrons. The first-order chi connectivity index (χ1) is 13.2. The number of methoxy groups -OCH3 is 1. The van der Waals surface area contributed by atoms with Crippen LogP contribution < -0.4 is 4.74 Å². The van der Waals surface area contributed by atoms with Crippen molar-refractivity contribution in [3.63, 3.8) is 0 Å². The number of imidazole rings is 1. The second kappa shape index (κ2) is 7.26. The molecule has 0 amide bonds. The van der Waals surface area contributed by atoms with Crippen LogP contribution in [0.25, 0.3) is 22.3 Å². The molecular weight excluding hydrogens is 338 g/mol. The lowest BCUT2D eigenvalue weighted by molar-refractivity contribution is 0.413. The van der Waals surface area contributed by atoms with Crippen LogP contribution in [0, 0.1) is 11.3 Å². The molecule has 4 rings (SSSR count). The number of rotatable bonds is 5. The van der Waals surface area contributed by atoms with Crippen molar-refractivity contribution >= 4 is 11.2 Å². The van der Waals surface area contributed by atoms with Gasteiger partial charge in [0.25, 0.3) is 0 Å². The largest absolute Gasteiger partial charge is 0.497 e. The highest BCUT2D eigenvalue weighted by Crippen LogP contribution is 2.22. The number of aromatic amines is 1. The Morgan fingerprint density at radius 2 is 1.89 bits per heavy atom. The Morgan fingerprint density at radius 1 is 1.04 bits per heavy atom. The molecule has 0 aliphatic heterocycles. The van der Waals surface area contributed by atoms with Gasteiger partial charge in [-0.15, -0.1) is 0 Å². The molecular formula is C21H17N5O. The monoisotopic (exact) mass is 355 g/mol. The molecule has 0 saturated heterocycles. The summed E-state index contributed by atoms with van der Waals surface area (Å²) in [6, 6.07) is 15.3. The van der Waals surface area contributed by atoms with Crippen LogP contribution >= 0.6 is 0 Å². The summed E-state index contributed by atoms with van der Waals surface area (Å²) in [6.45, 7) is 0. The number of aryl methyl sites for hydroxylation is 2. The SMILES string of the molecule is COc1ccnc(CCc2nc3cc(-c4ccc(C#N)cc4)cnc3[nH]2)c1. The van der Waals surface area contributed by atoms with E-state index in [-0.39, 0.29) is 0 Å².